The lowest BCUT2D eigenvalue weighted by Gasteiger charge is -2.05. The van der Waals surface area contributed by atoms with Crippen molar-refractivity contribution < 1.29 is 13.9 Å². The average molecular weight is 292 g/mol. The predicted octanol–water partition coefficient (Wildman–Crippen LogP) is 3.40. The number of rotatable bonds is 4. The highest BCUT2D eigenvalue weighted by molar-refractivity contribution is 7.08. The Morgan fingerprint density at radius 1 is 1.55 bits per heavy atom. The highest BCUT2D eigenvalue weighted by atomic mass is 32.1. The summed E-state index contributed by atoms with van der Waals surface area (Å²) in [5.74, 6) is -0.465. The average Bonchev–Trinajstić information content (AvgIpc) is 3.18. The fourth-order valence-corrected chi connectivity index (χ4v) is 3.01. The molecule has 0 bridgehead atoms. The normalized spacial score (nSPS) is 14.3. The lowest BCUT2D eigenvalue weighted by Crippen LogP contribution is -2.05. The van der Waals surface area contributed by atoms with Gasteiger partial charge in [-0.3, -0.25) is 4.98 Å². The fourth-order valence-electron chi connectivity index (χ4n) is 2.14. The van der Waals surface area contributed by atoms with Crippen LogP contribution in [0.1, 0.15) is 40.9 Å². The Balaban J connectivity index is 2.08. The van der Waals surface area contributed by atoms with Gasteiger partial charge < -0.3 is 4.74 Å². The molecule has 0 unspecified atom stereocenters. The summed E-state index contributed by atoms with van der Waals surface area (Å²) in [6, 6.07) is 1.30. The number of halogens is 1. The molecule has 0 aromatic carbocycles. The van der Waals surface area contributed by atoms with Gasteiger partial charge in [0.2, 0.25) is 0 Å². The number of carbonyl (C=O) groups is 1. The van der Waals surface area contributed by atoms with Crippen molar-refractivity contribution in [2.45, 2.75) is 25.7 Å². The number of esters is 1. The summed E-state index contributed by atoms with van der Waals surface area (Å²) in [4.78, 5) is 16.4. The van der Waals surface area contributed by atoms with Gasteiger partial charge >= 0.3 is 5.97 Å². The molecule has 104 valence electrons. The van der Waals surface area contributed by atoms with Gasteiger partial charge in [-0.05, 0) is 43.3 Å². The summed E-state index contributed by atoms with van der Waals surface area (Å²) in [6.45, 7) is 2.08. The van der Waals surface area contributed by atoms with Crippen LogP contribution in [0.25, 0.3) is 11.3 Å². The Hall–Kier alpha value is -1.82. The van der Waals surface area contributed by atoms with Gasteiger partial charge in [0.1, 0.15) is 10.7 Å². The molecule has 2 aromatic heterocycles. The first kappa shape index (κ1) is 13.2. The van der Waals surface area contributed by atoms with Crippen LogP contribution in [0, 0.1) is 5.82 Å². The highest BCUT2D eigenvalue weighted by Crippen LogP contribution is 2.47. The highest BCUT2D eigenvalue weighted by Gasteiger charge is 2.34. The number of ether oxygens (including phenoxy) is 1. The molecule has 0 aliphatic heterocycles. The first-order valence-electron chi connectivity index (χ1n) is 6.49. The van der Waals surface area contributed by atoms with Gasteiger partial charge in [0.15, 0.2) is 0 Å². The monoisotopic (exact) mass is 292 g/mol. The third-order valence-corrected chi connectivity index (χ3v) is 4.04. The summed E-state index contributed by atoms with van der Waals surface area (Å²) in [6.07, 6.45) is 4.85. The van der Waals surface area contributed by atoms with Crippen LogP contribution in [-0.4, -0.2) is 21.9 Å². The van der Waals surface area contributed by atoms with Crippen LogP contribution in [0.4, 0.5) is 4.39 Å². The molecule has 6 heteroatoms. The standard InChI is InChI=1S/C14H13FN2O2S/c1-2-19-14(18)13-11(8-3-4-8)12(17-20-13)9-7-16-6-5-10(9)15/h5-8H,2-4H2,1H3. The minimum atomic E-state index is -0.373. The lowest BCUT2D eigenvalue weighted by atomic mass is 10.0. The zero-order chi connectivity index (χ0) is 14.1. The van der Waals surface area contributed by atoms with Crippen LogP contribution in [0.3, 0.4) is 0 Å². The third kappa shape index (κ3) is 2.31. The number of pyridine rings is 1. The van der Waals surface area contributed by atoms with Crippen molar-refractivity contribution in [1.29, 1.82) is 0 Å². The van der Waals surface area contributed by atoms with E-state index in [1.54, 1.807) is 6.92 Å². The van der Waals surface area contributed by atoms with E-state index in [4.69, 9.17) is 4.74 Å². The molecule has 0 radical (unpaired) electrons. The van der Waals surface area contributed by atoms with E-state index in [0.717, 1.165) is 29.9 Å². The Morgan fingerprint density at radius 3 is 3.00 bits per heavy atom. The molecule has 2 heterocycles. The zero-order valence-electron chi connectivity index (χ0n) is 10.9. The van der Waals surface area contributed by atoms with Crippen LogP contribution >= 0.6 is 11.5 Å². The molecule has 1 aliphatic rings. The molecule has 0 N–H and O–H groups in total. The van der Waals surface area contributed by atoms with Gasteiger partial charge in [-0.1, -0.05) is 0 Å². The molecule has 0 amide bonds. The summed E-state index contributed by atoms with van der Waals surface area (Å²) < 4.78 is 23.2. The van der Waals surface area contributed by atoms with Gasteiger partial charge in [-0.2, -0.15) is 4.37 Å². The minimum Gasteiger partial charge on any atom is -0.462 e. The van der Waals surface area contributed by atoms with E-state index >= 15 is 0 Å². The maximum atomic E-state index is 13.9. The largest absolute Gasteiger partial charge is 0.462 e. The molecular weight excluding hydrogens is 279 g/mol. The number of hydrogen-bond acceptors (Lipinski definition) is 5. The van der Waals surface area contributed by atoms with Crippen LogP contribution in [0.5, 0.6) is 0 Å². The molecule has 4 nitrogen and oxygen atoms in total. The van der Waals surface area contributed by atoms with E-state index in [9.17, 15) is 9.18 Å². The number of hydrogen-bond donors (Lipinski definition) is 0. The van der Waals surface area contributed by atoms with Gasteiger partial charge in [0, 0.05) is 18.0 Å². The molecule has 0 spiro atoms. The second kappa shape index (κ2) is 5.28. The quantitative estimate of drug-likeness (QED) is 0.810. The zero-order valence-corrected chi connectivity index (χ0v) is 11.7. The first-order chi connectivity index (χ1) is 9.72. The Labute approximate surface area is 119 Å². The molecule has 2 aromatic rings. The van der Waals surface area contributed by atoms with Crippen LogP contribution < -0.4 is 0 Å². The van der Waals surface area contributed by atoms with E-state index in [0.29, 0.717) is 22.7 Å². The number of nitrogens with zero attached hydrogens (tertiary/aromatic N) is 2. The molecule has 0 saturated heterocycles. The van der Waals surface area contributed by atoms with Crippen molar-refractivity contribution in [3.8, 4) is 11.3 Å². The van der Waals surface area contributed by atoms with E-state index in [2.05, 4.69) is 9.36 Å². The second-order valence-corrected chi connectivity index (χ2v) is 5.40. The molecule has 1 saturated carbocycles. The topological polar surface area (TPSA) is 52.1 Å². The van der Waals surface area contributed by atoms with Crippen molar-refractivity contribution in [1.82, 2.24) is 9.36 Å². The molecule has 20 heavy (non-hydrogen) atoms. The van der Waals surface area contributed by atoms with Gasteiger partial charge in [0.05, 0.1) is 17.9 Å². The molecule has 3 rings (SSSR count). The summed E-state index contributed by atoms with van der Waals surface area (Å²) in [5.41, 5.74) is 1.70. The maximum absolute atomic E-state index is 13.9. The number of carbonyl (C=O) groups excluding carboxylic acids is 1. The van der Waals surface area contributed by atoms with Gasteiger partial charge in [0.25, 0.3) is 0 Å². The second-order valence-electron chi connectivity index (χ2n) is 4.62. The Bertz CT molecular complexity index is 652. The molecule has 1 fully saturated rings. The third-order valence-electron chi connectivity index (χ3n) is 3.20. The van der Waals surface area contributed by atoms with Gasteiger partial charge in [-0.15, -0.1) is 0 Å². The van der Waals surface area contributed by atoms with Crippen molar-refractivity contribution in [3.63, 3.8) is 0 Å². The molecule has 1 aliphatic carbocycles. The lowest BCUT2D eigenvalue weighted by molar-refractivity contribution is 0.0531. The van der Waals surface area contributed by atoms with Crippen molar-refractivity contribution in [2.75, 3.05) is 6.61 Å². The van der Waals surface area contributed by atoms with Crippen molar-refractivity contribution in [3.05, 3.63) is 34.7 Å². The smallest absolute Gasteiger partial charge is 0.350 e. The maximum Gasteiger partial charge on any atom is 0.350 e. The van der Waals surface area contributed by atoms with Gasteiger partial charge in [-0.25, -0.2) is 9.18 Å². The van der Waals surface area contributed by atoms with Crippen LogP contribution in [-0.2, 0) is 4.74 Å². The first-order valence-corrected chi connectivity index (χ1v) is 7.26. The van der Waals surface area contributed by atoms with E-state index < -0.39 is 0 Å². The van der Waals surface area contributed by atoms with E-state index in [1.807, 2.05) is 0 Å². The predicted molar refractivity (Wildman–Crippen MR) is 73.2 cm³/mol. The fraction of sp³-hybridized carbons (Fsp3) is 0.357. The summed E-state index contributed by atoms with van der Waals surface area (Å²) >= 11 is 1.08. The molecule has 0 atom stereocenters. The Kier molecular flexibility index (Phi) is 3.48. The Morgan fingerprint density at radius 2 is 2.35 bits per heavy atom. The summed E-state index contributed by atoms with van der Waals surface area (Å²) in [5, 5.41) is 0. The van der Waals surface area contributed by atoms with Crippen LogP contribution in [0.2, 0.25) is 0 Å². The minimum absolute atomic E-state index is 0.280. The van der Waals surface area contributed by atoms with E-state index in [-0.39, 0.29) is 17.7 Å². The van der Waals surface area contributed by atoms with Crippen molar-refractivity contribution >= 4 is 17.5 Å². The summed E-state index contributed by atoms with van der Waals surface area (Å²) in [7, 11) is 0. The van der Waals surface area contributed by atoms with E-state index in [1.165, 1.54) is 18.5 Å². The number of aromatic nitrogens is 2. The molecular formula is C14H13FN2O2S. The SMILES string of the molecule is CCOC(=O)c1snc(-c2cnccc2F)c1C1CC1. The van der Waals surface area contributed by atoms with Crippen LogP contribution in [0.15, 0.2) is 18.5 Å². The van der Waals surface area contributed by atoms with Crippen molar-refractivity contribution in [2.24, 2.45) is 0 Å².